The lowest BCUT2D eigenvalue weighted by molar-refractivity contribution is 0.0996. The van der Waals surface area contributed by atoms with E-state index in [1.807, 2.05) is 38.2 Å². The van der Waals surface area contributed by atoms with Crippen molar-refractivity contribution in [3.05, 3.63) is 53.5 Å². The molecule has 3 aromatic heterocycles. The molecule has 0 aliphatic carbocycles. The van der Waals surface area contributed by atoms with Gasteiger partial charge in [0.15, 0.2) is 5.75 Å². The van der Waals surface area contributed by atoms with Gasteiger partial charge >= 0.3 is 0 Å². The first-order valence-corrected chi connectivity index (χ1v) is 11.7. The van der Waals surface area contributed by atoms with E-state index in [-0.39, 0.29) is 12.0 Å². The van der Waals surface area contributed by atoms with Crippen LogP contribution in [0.2, 0.25) is 0 Å². The number of anilines is 2. The molecular weight excluding hydrogens is 446 g/mol. The predicted molar refractivity (Wildman–Crippen MR) is 132 cm³/mol. The van der Waals surface area contributed by atoms with Crippen LogP contribution in [0.25, 0.3) is 11.3 Å². The molecule has 1 saturated heterocycles. The number of aromatic nitrogens is 3. The van der Waals surface area contributed by atoms with Crippen molar-refractivity contribution in [2.45, 2.75) is 32.4 Å². The van der Waals surface area contributed by atoms with Crippen LogP contribution in [0, 0.1) is 6.92 Å². The molecule has 182 valence electrons. The highest BCUT2D eigenvalue weighted by Gasteiger charge is 2.32. The number of carbonyl (C=O) groups excluding carboxylic acids is 1. The van der Waals surface area contributed by atoms with Crippen molar-refractivity contribution in [3.63, 3.8) is 0 Å². The van der Waals surface area contributed by atoms with Crippen molar-refractivity contribution in [2.75, 3.05) is 44.2 Å². The molecule has 5 heterocycles. The van der Waals surface area contributed by atoms with E-state index in [0.717, 1.165) is 60.0 Å². The smallest absolute Gasteiger partial charge is 0.260 e. The molecular formula is C26H29N5O4. The van der Waals surface area contributed by atoms with Crippen LogP contribution in [0.1, 0.15) is 34.5 Å². The maximum atomic E-state index is 13.3. The summed E-state index contributed by atoms with van der Waals surface area (Å²) in [5.74, 6) is 1.72. The minimum Gasteiger partial charge on any atom is -0.491 e. The predicted octanol–water partition coefficient (Wildman–Crippen LogP) is 3.64. The zero-order chi connectivity index (χ0) is 24.5. The van der Waals surface area contributed by atoms with Gasteiger partial charge in [0.1, 0.15) is 5.82 Å². The van der Waals surface area contributed by atoms with E-state index in [9.17, 15) is 4.79 Å². The molecule has 2 aliphatic heterocycles. The number of methoxy groups -OCH3 is 2. The van der Waals surface area contributed by atoms with Gasteiger partial charge in [-0.05, 0) is 49.6 Å². The van der Waals surface area contributed by atoms with E-state index in [1.165, 1.54) is 0 Å². The van der Waals surface area contributed by atoms with E-state index in [0.29, 0.717) is 23.7 Å². The van der Waals surface area contributed by atoms with Crippen LogP contribution < -0.4 is 19.3 Å². The number of rotatable bonds is 7. The van der Waals surface area contributed by atoms with Gasteiger partial charge in [0.25, 0.3) is 11.8 Å². The largest absolute Gasteiger partial charge is 0.491 e. The Morgan fingerprint density at radius 3 is 2.71 bits per heavy atom. The fourth-order valence-electron chi connectivity index (χ4n) is 4.68. The van der Waals surface area contributed by atoms with Crippen molar-refractivity contribution in [1.82, 2.24) is 15.0 Å². The Morgan fingerprint density at radius 2 is 2.03 bits per heavy atom. The maximum absolute atomic E-state index is 13.3. The first kappa shape index (κ1) is 23.0. The highest BCUT2D eigenvalue weighted by Crippen LogP contribution is 2.34. The quantitative estimate of drug-likeness (QED) is 0.512. The van der Waals surface area contributed by atoms with Gasteiger partial charge in [-0.1, -0.05) is 0 Å². The number of pyridine rings is 3. The van der Waals surface area contributed by atoms with Crippen molar-refractivity contribution < 1.29 is 19.0 Å². The minimum atomic E-state index is -0.0655. The van der Waals surface area contributed by atoms with Crippen LogP contribution in [-0.2, 0) is 11.3 Å². The monoisotopic (exact) mass is 475 g/mol. The fourth-order valence-corrected chi connectivity index (χ4v) is 4.68. The zero-order valence-corrected chi connectivity index (χ0v) is 20.4. The number of fused-ring (bicyclic) bond motifs is 1. The van der Waals surface area contributed by atoms with Crippen molar-refractivity contribution in [1.29, 1.82) is 0 Å². The second-order valence-electron chi connectivity index (χ2n) is 8.86. The molecule has 0 saturated carbocycles. The van der Waals surface area contributed by atoms with E-state index >= 15 is 0 Å². The average molecular weight is 476 g/mol. The molecule has 3 aromatic rings. The second kappa shape index (κ2) is 9.50. The second-order valence-corrected chi connectivity index (χ2v) is 8.86. The van der Waals surface area contributed by atoms with Gasteiger partial charge in [-0.15, -0.1) is 0 Å². The van der Waals surface area contributed by atoms with Crippen LogP contribution in [0.3, 0.4) is 0 Å². The normalized spacial score (nSPS) is 17.0. The van der Waals surface area contributed by atoms with Gasteiger partial charge in [0.05, 0.1) is 55.7 Å². The first-order chi connectivity index (χ1) is 17.0. The Bertz CT molecular complexity index is 1240. The molecule has 5 rings (SSSR count). The molecule has 1 atom stereocenters. The molecule has 0 radical (unpaired) electrons. The molecule has 0 spiro atoms. The first-order valence-electron chi connectivity index (χ1n) is 11.7. The highest BCUT2D eigenvalue weighted by atomic mass is 16.5. The number of hydrogen-bond donors (Lipinski definition) is 0. The molecule has 1 unspecified atom stereocenters. The van der Waals surface area contributed by atoms with E-state index in [4.69, 9.17) is 19.2 Å². The van der Waals surface area contributed by atoms with E-state index in [1.54, 1.807) is 31.5 Å². The minimum absolute atomic E-state index is 0.0655. The molecule has 2 aliphatic rings. The third kappa shape index (κ3) is 4.39. The molecule has 35 heavy (non-hydrogen) atoms. The number of nitrogens with zero attached hydrogens (tertiary/aromatic N) is 5. The Hall–Kier alpha value is -3.72. The zero-order valence-electron chi connectivity index (χ0n) is 20.4. The lowest BCUT2D eigenvalue weighted by atomic mass is 10.0. The summed E-state index contributed by atoms with van der Waals surface area (Å²) in [6.45, 7) is 3.95. The third-order valence-corrected chi connectivity index (χ3v) is 6.52. The summed E-state index contributed by atoms with van der Waals surface area (Å²) in [5, 5.41) is 0. The SMILES string of the molecule is COc1cc(-c2cc(C)c3c(n2)CN(c2ccc(N(C)CC4CCCO4)nc2)C3=O)cnc1OC. The van der Waals surface area contributed by atoms with Crippen LogP contribution in [0.15, 0.2) is 36.7 Å². The van der Waals surface area contributed by atoms with Gasteiger partial charge < -0.3 is 24.0 Å². The third-order valence-electron chi connectivity index (χ3n) is 6.52. The van der Waals surface area contributed by atoms with Crippen LogP contribution in [0.5, 0.6) is 11.6 Å². The Balaban J connectivity index is 1.37. The van der Waals surface area contributed by atoms with Crippen molar-refractivity contribution in [2.24, 2.45) is 0 Å². The van der Waals surface area contributed by atoms with Crippen molar-refractivity contribution >= 4 is 17.4 Å². The Labute approximate surface area is 204 Å². The lowest BCUT2D eigenvalue weighted by Crippen LogP contribution is -2.29. The summed E-state index contributed by atoms with van der Waals surface area (Å²) in [6, 6.07) is 7.63. The number of hydrogen-bond acceptors (Lipinski definition) is 8. The fraction of sp³-hybridized carbons (Fsp3) is 0.385. The van der Waals surface area contributed by atoms with Gasteiger partial charge in [-0.2, -0.15) is 0 Å². The van der Waals surface area contributed by atoms with Crippen molar-refractivity contribution in [3.8, 4) is 22.9 Å². The van der Waals surface area contributed by atoms with E-state index < -0.39 is 0 Å². The van der Waals surface area contributed by atoms with Crippen LogP contribution in [0.4, 0.5) is 11.5 Å². The summed E-state index contributed by atoms with van der Waals surface area (Å²) in [4.78, 5) is 30.8. The molecule has 0 N–H and O–H groups in total. The molecule has 9 nitrogen and oxygen atoms in total. The molecule has 1 amide bonds. The van der Waals surface area contributed by atoms with Crippen LogP contribution in [-0.4, -0.2) is 61.4 Å². The van der Waals surface area contributed by atoms with Gasteiger partial charge in [0.2, 0.25) is 0 Å². The number of ether oxygens (including phenoxy) is 3. The molecule has 0 bridgehead atoms. The van der Waals surface area contributed by atoms with Gasteiger partial charge in [-0.3, -0.25) is 9.78 Å². The Morgan fingerprint density at radius 1 is 1.17 bits per heavy atom. The molecule has 0 aromatic carbocycles. The Kier molecular flexibility index (Phi) is 6.25. The number of carbonyl (C=O) groups is 1. The number of aryl methyl sites for hydroxylation is 1. The standard InChI is InChI=1S/C26H29N5O4/c1-16-10-20(17-11-22(33-3)25(34-4)28-12-17)29-21-15-31(26(32)24(16)21)18-7-8-23(27-13-18)30(2)14-19-6-5-9-35-19/h7-8,10-13,19H,5-6,9,14-15H2,1-4H3. The van der Waals surface area contributed by atoms with Crippen LogP contribution >= 0.6 is 0 Å². The summed E-state index contributed by atoms with van der Waals surface area (Å²) in [6.07, 6.45) is 5.89. The summed E-state index contributed by atoms with van der Waals surface area (Å²) in [5.41, 5.74) is 4.51. The number of likely N-dealkylation sites (N-methyl/N-ethyl adjacent to an activating group) is 1. The lowest BCUT2D eigenvalue weighted by Gasteiger charge is -2.22. The molecule has 1 fully saturated rings. The molecule has 9 heteroatoms. The summed E-state index contributed by atoms with van der Waals surface area (Å²) < 4.78 is 16.3. The summed E-state index contributed by atoms with van der Waals surface area (Å²) in [7, 11) is 5.13. The summed E-state index contributed by atoms with van der Waals surface area (Å²) >= 11 is 0. The highest BCUT2D eigenvalue weighted by molar-refractivity contribution is 6.10. The maximum Gasteiger partial charge on any atom is 0.260 e. The van der Waals surface area contributed by atoms with E-state index in [2.05, 4.69) is 14.9 Å². The van der Waals surface area contributed by atoms with Gasteiger partial charge in [-0.25, -0.2) is 9.97 Å². The number of amides is 1. The topological polar surface area (TPSA) is 89.9 Å². The average Bonchev–Trinajstić information content (AvgIpc) is 3.51. The van der Waals surface area contributed by atoms with Gasteiger partial charge in [0, 0.05) is 32.0 Å².